The number of rotatable bonds is 3. The summed E-state index contributed by atoms with van der Waals surface area (Å²) in [7, 11) is 0. The van der Waals surface area contributed by atoms with Gasteiger partial charge in [0.15, 0.2) is 5.78 Å². The Balaban J connectivity index is 2.75. The molecule has 0 saturated carbocycles. The van der Waals surface area contributed by atoms with Gasteiger partial charge in [-0.25, -0.2) is 0 Å². The van der Waals surface area contributed by atoms with E-state index in [9.17, 15) is 4.79 Å². The Labute approximate surface area is 100 Å². The lowest BCUT2D eigenvalue weighted by Gasteiger charge is -1.99. The zero-order valence-corrected chi connectivity index (χ0v) is 10.0. The molecule has 0 aliphatic heterocycles. The molecule has 0 bridgehead atoms. The summed E-state index contributed by atoms with van der Waals surface area (Å²) in [4.78, 5) is 11.9. The Bertz CT molecular complexity index is 617. The Morgan fingerprint density at radius 3 is 2.76 bits per heavy atom. The van der Waals surface area contributed by atoms with Crippen molar-refractivity contribution in [3.05, 3.63) is 35.5 Å². The first kappa shape index (κ1) is 11.4. The standard InChI is InChI=1S/C14H14N2O/c1-3-14(17)12-9-16(4-2)13-6-5-10(8-15)7-11(12)13/h5-7,9H,3-4H2,1-2H3. The van der Waals surface area contributed by atoms with Crippen LogP contribution in [0.5, 0.6) is 0 Å². The van der Waals surface area contributed by atoms with E-state index in [1.807, 2.05) is 30.7 Å². The van der Waals surface area contributed by atoms with Crippen LogP contribution in [0, 0.1) is 11.3 Å². The number of carbonyl (C=O) groups is 1. The second kappa shape index (κ2) is 4.42. The minimum atomic E-state index is 0.122. The van der Waals surface area contributed by atoms with Crippen molar-refractivity contribution in [2.45, 2.75) is 26.8 Å². The van der Waals surface area contributed by atoms with Crippen LogP contribution in [0.15, 0.2) is 24.4 Å². The monoisotopic (exact) mass is 226 g/mol. The van der Waals surface area contributed by atoms with Gasteiger partial charge in [-0.05, 0) is 25.1 Å². The van der Waals surface area contributed by atoms with Gasteiger partial charge in [0.25, 0.3) is 0 Å². The fraction of sp³-hybridized carbons (Fsp3) is 0.286. The summed E-state index contributed by atoms with van der Waals surface area (Å²) in [6.07, 6.45) is 2.37. The maximum Gasteiger partial charge on any atom is 0.164 e. The number of hydrogen-bond acceptors (Lipinski definition) is 2. The summed E-state index contributed by atoms with van der Waals surface area (Å²) in [5, 5.41) is 9.79. The molecule has 17 heavy (non-hydrogen) atoms. The lowest BCUT2D eigenvalue weighted by molar-refractivity contribution is 0.0989. The van der Waals surface area contributed by atoms with Gasteiger partial charge in [-0.2, -0.15) is 5.26 Å². The highest BCUT2D eigenvalue weighted by molar-refractivity contribution is 6.08. The van der Waals surface area contributed by atoms with Gasteiger partial charge in [-0.1, -0.05) is 6.92 Å². The first-order valence-corrected chi connectivity index (χ1v) is 5.77. The van der Waals surface area contributed by atoms with Gasteiger partial charge in [0, 0.05) is 35.6 Å². The Morgan fingerprint density at radius 2 is 2.18 bits per heavy atom. The molecular weight excluding hydrogens is 212 g/mol. The second-order valence-corrected chi connectivity index (χ2v) is 3.95. The molecule has 86 valence electrons. The molecule has 1 aromatic heterocycles. The highest BCUT2D eigenvalue weighted by Crippen LogP contribution is 2.24. The first-order valence-electron chi connectivity index (χ1n) is 5.77. The topological polar surface area (TPSA) is 45.8 Å². The highest BCUT2D eigenvalue weighted by Gasteiger charge is 2.13. The molecule has 0 fully saturated rings. The van der Waals surface area contributed by atoms with Crippen LogP contribution in [0.4, 0.5) is 0 Å². The molecule has 0 aliphatic rings. The molecule has 0 saturated heterocycles. The average Bonchev–Trinajstić information content (AvgIpc) is 2.75. The minimum absolute atomic E-state index is 0.122. The fourth-order valence-electron chi connectivity index (χ4n) is 2.04. The van der Waals surface area contributed by atoms with Gasteiger partial charge < -0.3 is 4.57 Å². The second-order valence-electron chi connectivity index (χ2n) is 3.95. The van der Waals surface area contributed by atoms with Crippen LogP contribution in [-0.2, 0) is 6.54 Å². The van der Waals surface area contributed by atoms with Crippen molar-refractivity contribution in [3.63, 3.8) is 0 Å². The maximum absolute atomic E-state index is 11.9. The van der Waals surface area contributed by atoms with Crippen LogP contribution in [-0.4, -0.2) is 10.4 Å². The average molecular weight is 226 g/mol. The van der Waals surface area contributed by atoms with E-state index >= 15 is 0 Å². The molecule has 2 rings (SSSR count). The van der Waals surface area contributed by atoms with Crippen LogP contribution in [0.2, 0.25) is 0 Å². The van der Waals surface area contributed by atoms with Gasteiger partial charge in [0.2, 0.25) is 0 Å². The lowest BCUT2D eigenvalue weighted by atomic mass is 10.1. The van der Waals surface area contributed by atoms with E-state index in [-0.39, 0.29) is 5.78 Å². The third-order valence-corrected chi connectivity index (χ3v) is 2.97. The summed E-state index contributed by atoms with van der Waals surface area (Å²) in [5.41, 5.74) is 2.33. The number of nitriles is 1. The Morgan fingerprint density at radius 1 is 1.41 bits per heavy atom. The molecule has 0 spiro atoms. The summed E-state index contributed by atoms with van der Waals surface area (Å²) in [5.74, 6) is 0.122. The van der Waals surface area contributed by atoms with Crippen molar-refractivity contribution >= 4 is 16.7 Å². The van der Waals surface area contributed by atoms with Crippen molar-refractivity contribution in [1.82, 2.24) is 4.57 Å². The van der Waals surface area contributed by atoms with Crippen molar-refractivity contribution < 1.29 is 4.79 Å². The number of carbonyl (C=O) groups excluding carboxylic acids is 1. The van der Waals surface area contributed by atoms with Gasteiger partial charge in [-0.3, -0.25) is 4.79 Å². The summed E-state index contributed by atoms with van der Waals surface area (Å²) in [6.45, 7) is 4.71. The molecule has 0 unspecified atom stereocenters. The third kappa shape index (κ3) is 1.83. The maximum atomic E-state index is 11.9. The fourth-order valence-corrected chi connectivity index (χ4v) is 2.04. The summed E-state index contributed by atoms with van der Waals surface area (Å²) in [6, 6.07) is 7.60. The van der Waals surface area contributed by atoms with Crippen LogP contribution in [0.3, 0.4) is 0 Å². The molecule has 0 N–H and O–H groups in total. The number of aromatic nitrogens is 1. The molecule has 3 nitrogen and oxygen atoms in total. The van der Waals surface area contributed by atoms with Gasteiger partial charge in [-0.15, -0.1) is 0 Å². The molecule has 2 aromatic rings. The van der Waals surface area contributed by atoms with Crippen molar-refractivity contribution in [2.75, 3.05) is 0 Å². The highest BCUT2D eigenvalue weighted by atomic mass is 16.1. The van der Waals surface area contributed by atoms with Crippen LogP contribution < -0.4 is 0 Å². The molecule has 0 amide bonds. The molecule has 1 aromatic carbocycles. The number of Topliss-reactive ketones (excluding diaryl/α,β-unsaturated/α-hetero) is 1. The zero-order chi connectivity index (χ0) is 12.4. The lowest BCUT2D eigenvalue weighted by Crippen LogP contribution is -1.95. The van der Waals surface area contributed by atoms with E-state index in [0.29, 0.717) is 12.0 Å². The SMILES string of the molecule is CCC(=O)c1cn(CC)c2ccc(C#N)cc12. The molecular formula is C14H14N2O. The number of aryl methyl sites for hydroxylation is 1. The van der Waals surface area contributed by atoms with E-state index in [1.54, 1.807) is 12.1 Å². The van der Waals surface area contributed by atoms with Crippen molar-refractivity contribution in [2.24, 2.45) is 0 Å². The zero-order valence-electron chi connectivity index (χ0n) is 10.0. The van der Waals surface area contributed by atoms with E-state index in [0.717, 1.165) is 23.0 Å². The van der Waals surface area contributed by atoms with Crippen LogP contribution in [0.25, 0.3) is 10.9 Å². The van der Waals surface area contributed by atoms with Crippen LogP contribution in [0.1, 0.15) is 36.2 Å². The summed E-state index contributed by atoms with van der Waals surface area (Å²) >= 11 is 0. The molecule has 0 radical (unpaired) electrons. The van der Waals surface area contributed by atoms with E-state index in [4.69, 9.17) is 5.26 Å². The number of benzene rings is 1. The van der Waals surface area contributed by atoms with E-state index in [2.05, 4.69) is 6.07 Å². The van der Waals surface area contributed by atoms with E-state index in [1.165, 1.54) is 0 Å². The molecule has 0 aliphatic carbocycles. The predicted molar refractivity (Wildman–Crippen MR) is 66.9 cm³/mol. The van der Waals surface area contributed by atoms with Gasteiger partial charge >= 0.3 is 0 Å². The predicted octanol–water partition coefficient (Wildman–Crippen LogP) is 3.13. The largest absolute Gasteiger partial charge is 0.347 e. The molecule has 0 atom stereocenters. The first-order chi connectivity index (χ1) is 8.21. The van der Waals surface area contributed by atoms with Crippen molar-refractivity contribution in [1.29, 1.82) is 5.26 Å². The Hall–Kier alpha value is -2.08. The number of hydrogen-bond donors (Lipinski definition) is 0. The quantitative estimate of drug-likeness (QED) is 0.755. The van der Waals surface area contributed by atoms with E-state index < -0.39 is 0 Å². The smallest absolute Gasteiger partial charge is 0.164 e. The van der Waals surface area contributed by atoms with Crippen molar-refractivity contribution in [3.8, 4) is 6.07 Å². The molecule has 1 heterocycles. The summed E-state index contributed by atoms with van der Waals surface area (Å²) < 4.78 is 2.04. The normalized spacial score (nSPS) is 10.4. The number of ketones is 1. The third-order valence-electron chi connectivity index (χ3n) is 2.97. The van der Waals surface area contributed by atoms with Gasteiger partial charge in [0.05, 0.1) is 11.6 Å². The van der Waals surface area contributed by atoms with Gasteiger partial charge in [0.1, 0.15) is 0 Å². The van der Waals surface area contributed by atoms with Crippen LogP contribution >= 0.6 is 0 Å². The molecule has 3 heteroatoms. The number of fused-ring (bicyclic) bond motifs is 1. The number of nitrogens with zero attached hydrogens (tertiary/aromatic N) is 2. The Kier molecular flexibility index (Phi) is 2.97. The minimum Gasteiger partial charge on any atom is -0.347 e.